The molecule has 0 aliphatic carbocycles. The quantitative estimate of drug-likeness (QED) is 0.602. The van der Waals surface area contributed by atoms with Crippen molar-refractivity contribution in [2.45, 2.75) is 13.8 Å². The molecule has 1 N–H and O–H groups in total. The highest BCUT2D eigenvalue weighted by molar-refractivity contribution is 5.79. The molecule has 5 rings (SSSR count). The predicted octanol–water partition coefficient (Wildman–Crippen LogP) is 3.20. The normalized spacial score (nSPS) is 13.3. The van der Waals surface area contributed by atoms with Gasteiger partial charge in [0.15, 0.2) is 17.1 Å². The van der Waals surface area contributed by atoms with Crippen LogP contribution >= 0.6 is 0 Å². The van der Waals surface area contributed by atoms with E-state index >= 15 is 0 Å². The minimum absolute atomic E-state index is 0.560. The number of aryl methyl sites for hydroxylation is 2. The zero-order chi connectivity index (χ0) is 17.7. The summed E-state index contributed by atoms with van der Waals surface area (Å²) >= 11 is 0. The highest BCUT2D eigenvalue weighted by Gasteiger charge is 2.16. The summed E-state index contributed by atoms with van der Waals surface area (Å²) in [4.78, 5) is 16.9. The number of fused-ring (bicyclic) bond motifs is 2. The van der Waals surface area contributed by atoms with Gasteiger partial charge >= 0.3 is 0 Å². The minimum Gasteiger partial charge on any atom is -0.486 e. The Bertz CT molecular complexity index is 1130. The van der Waals surface area contributed by atoms with E-state index < -0.39 is 0 Å². The van der Waals surface area contributed by atoms with E-state index in [1.54, 1.807) is 6.20 Å². The van der Waals surface area contributed by atoms with E-state index in [0.717, 1.165) is 51.3 Å². The molecule has 0 atom stereocenters. The fraction of sp³-hybridized carbons (Fsp3) is 0.211. The van der Waals surface area contributed by atoms with E-state index in [-0.39, 0.29) is 0 Å². The summed E-state index contributed by atoms with van der Waals surface area (Å²) in [6.45, 7) is 5.08. The molecule has 7 nitrogen and oxygen atoms in total. The fourth-order valence-corrected chi connectivity index (χ4v) is 3.25. The number of hydrogen-bond donors (Lipinski definition) is 1. The number of aromatic amines is 1. The average Bonchev–Trinajstić information content (AvgIpc) is 3.23. The van der Waals surface area contributed by atoms with E-state index in [1.807, 2.05) is 48.9 Å². The fourth-order valence-electron chi connectivity index (χ4n) is 3.25. The number of ether oxygens (including phenoxy) is 2. The molecule has 0 amide bonds. The molecule has 1 aliphatic heterocycles. The molecule has 1 aromatic carbocycles. The van der Waals surface area contributed by atoms with Crippen LogP contribution in [0.1, 0.15) is 11.5 Å². The van der Waals surface area contributed by atoms with Gasteiger partial charge in [0.2, 0.25) is 0 Å². The number of hydrogen-bond acceptors (Lipinski definition) is 5. The van der Waals surface area contributed by atoms with Gasteiger partial charge in [-0.1, -0.05) is 0 Å². The van der Waals surface area contributed by atoms with Crippen molar-refractivity contribution in [3.63, 3.8) is 0 Å². The third kappa shape index (κ3) is 2.32. The molecule has 0 saturated carbocycles. The van der Waals surface area contributed by atoms with Crippen molar-refractivity contribution >= 4 is 11.2 Å². The SMILES string of the molecule is Cc1cnc(-c2cnc3c(c2)nc(C)n3-c2ccc3c(c2)OCCO3)[nH]1. The van der Waals surface area contributed by atoms with Gasteiger partial charge in [-0.05, 0) is 32.0 Å². The number of imidazole rings is 2. The Kier molecular flexibility index (Phi) is 3.21. The Morgan fingerprint density at radius 2 is 1.85 bits per heavy atom. The van der Waals surface area contributed by atoms with Crippen LogP contribution in [0.15, 0.2) is 36.7 Å². The number of pyridine rings is 1. The molecule has 130 valence electrons. The zero-order valence-electron chi connectivity index (χ0n) is 14.5. The van der Waals surface area contributed by atoms with Crippen molar-refractivity contribution in [1.29, 1.82) is 0 Å². The van der Waals surface area contributed by atoms with E-state index in [2.05, 4.69) is 19.9 Å². The average molecular weight is 347 g/mol. The second-order valence-corrected chi connectivity index (χ2v) is 6.30. The molecule has 1 aliphatic rings. The van der Waals surface area contributed by atoms with Crippen molar-refractivity contribution in [2.24, 2.45) is 0 Å². The largest absolute Gasteiger partial charge is 0.486 e. The van der Waals surface area contributed by atoms with Gasteiger partial charge in [0.1, 0.15) is 30.4 Å². The van der Waals surface area contributed by atoms with Crippen LogP contribution < -0.4 is 9.47 Å². The summed E-state index contributed by atoms with van der Waals surface area (Å²) in [6.07, 6.45) is 3.62. The first-order valence-corrected chi connectivity index (χ1v) is 8.46. The highest BCUT2D eigenvalue weighted by Crippen LogP contribution is 2.33. The van der Waals surface area contributed by atoms with E-state index in [4.69, 9.17) is 9.47 Å². The van der Waals surface area contributed by atoms with E-state index in [9.17, 15) is 0 Å². The molecule has 0 spiro atoms. The molecule has 3 aromatic heterocycles. The van der Waals surface area contributed by atoms with E-state index in [0.29, 0.717) is 13.2 Å². The summed E-state index contributed by atoms with van der Waals surface area (Å²) in [6, 6.07) is 7.89. The van der Waals surface area contributed by atoms with Gasteiger partial charge in [-0.15, -0.1) is 0 Å². The third-order valence-electron chi connectivity index (χ3n) is 4.43. The number of rotatable bonds is 2. The molecule has 0 bridgehead atoms. The van der Waals surface area contributed by atoms with Gasteiger partial charge in [-0.3, -0.25) is 4.57 Å². The number of nitrogens with zero attached hydrogens (tertiary/aromatic N) is 4. The Balaban J connectivity index is 1.63. The van der Waals surface area contributed by atoms with Crippen molar-refractivity contribution in [2.75, 3.05) is 13.2 Å². The van der Waals surface area contributed by atoms with Crippen molar-refractivity contribution in [1.82, 2.24) is 24.5 Å². The van der Waals surface area contributed by atoms with Crippen LogP contribution in [0.4, 0.5) is 0 Å². The lowest BCUT2D eigenvalue weighted by Gasteiger charge is -2.19. The topological polar surface area (TPSA) is 77.8 Å². The molecule has 0 fully saturated rings. The first-order chi connectivity index (χ1) is 12.7. The molecule has 0 unspecified atom stereocenters. The molecular weight excluding hydrogens is 330 g/mol. The van der Waals surface area contributed by atoms with Gasteiger partial charge in [0.25, 0.3) is 0 Å². The maximum Gasteiger partial charge on any atom is 0.164 e. The van der Waals surface area contributed by atoms with Gasteiger partial charge in [0, 0.05) is 29.7 Å². The second kappa shape index (κ2) is 5.59. The summed E-state index contributed by atoms with van der Waals surface area (Å²) in [5, 5.41) is 0. The molecule has 0 saturated heterocycles. The Labute approximate surface area is 149 Å². The lowest BCUT2D eigenvalue weighted by atomic mass is 10.2. The summed E-state index contributed by atoms with van der Waals surface area (Å²) in [7, 11) is 0. The third-order valence-corrected chi connectivity index (χ3v) is 4.43. The van der Waals surface area contributed by atoms with Crippen LogP contribution in [-0.4, -0.2) is 37.7 Å². The maximum absolute atomic E-state index is 5.70. The minimum atomic E-state index is 0.560. The Morgan fingerprint density at radius 3 is 2.65 bits per heavy atom. The number of benzene rings is 1. The van der Waals surface area contributed by atoms with Crippen molar-refractivity contribution < 1.29 is 9.47 Å². The zero-order valence-corrected chi connectivity index (χ0v) is 14.5. The van der Waals surface area contributed by atoms with Crippen LogP contribution in [0.25, 0.3) is 28.2 Å². The van der Waals surface area contributed by atoms with Crippen molar-refractivity contribution in [3.8, 4) is 28.6 Å². The summed E-state index contributed by atoms with van der Waals surface area (Å²) in [5.41, 5.74) is 4.49. The smallest absolute Gasteiger partial charge is 0.164 e. The molecule has 4 aromatic rings. The van der Waals surface area contributed by atoms with Gasteiger partial charge in [-0.2, -0.15) is 0 Å². The molecule has 4 heterocycles. The van der Waals surface area contributed by atoms with Crippen LogP contribution in [0.5, 0.6) is 11.5 Å². The Hall–Kier alpha value is -3.35. The Morgan fingerprint density at radius 1 is 1.00 bits per heavy atom. The predicted molar refractivity (Wildman–Crippen MR) is 96.9 cm³/mol. The highest BCUT2D eigenvalue weighted by atomic mass is 16.6. The standard InChI is InChI=1S/C19H17N5O2/c1-11-9-20-18(22-11)13-7-15-19(21-10-13)24(12(2)23-15)14-3-4-16-17(8-14)26-6-5-25-16/h3-4,7-10H,5-6H2,1-2H3,(H,20,22). The first kappa shape index (κ1) is 14.9. The first-order valence-electron chi connectivity index (χ1n) is 8.46. The monoisotopic (exact) mass is 347 g/mol. The summed E-state index contributed by atoms with van der Waals surface area (Å²) < 4.78 is 13.3. The molecule has 7 heteroatoms. The van der Waals surface area contributed by atoms with Crippen LogP contribution in [-0.2, 0) is 0 Å². The number of nitrogens with one attached hydrogen (secondary N) is 1. The number of H-pyrrole nitrogens is 1. The summed E-state index contributed by atoms with van der Waals surface area (Å²) in [5.74, 6) is 3.17. The van der Waals surface area contributed by atoms with Crippen LogP contribution in [0, 0.1) is 13.8 Å². The second-order valence-electron chi connectivity index (χ2n) is 6.30. The molecule has 0 radical (unpaired) electrons. The van der Waals surface area contributed by atoms with Gasteiger partial charge < -0.3 is 14.5 Å². The lowest BCUT2D eigenvalue weighted by Crippen LogP contribution is -2.15. The lowest BCUT2D eigenvalue weighted by molar-refractivity contribution is 0.171. The molecular formula is C19H17N5O2. The van der Waals surface area contributed by atoms with Crippen LogP contribution in [0.3, 0.4) is 0 Å². The maximum atomic E-state index is 5.70. The van der Waals surface area contributed by atoms with Gasteiger partial charge in [0.05, 0.1) is 5.69 Å². The van der Waals surface area contributed by atoms with E-state index in [1.165, 1.54) is 0 Å². The van der Waals surface area contributed by atoms with Crippen LogP contribution in [0.2, 0.25) is 0 Å². The van der Waals surface area contributed by atoms with Crippen molar-refractivity contribution in [3.05, 3.63) is 48.2 Å². The molecule has 26 heavy (non-hydrogen) atoms. The van der Waals surface area contributed by atoms with Gasteiger partial charge in [-0.25, -0.2) is 15.0 Å². The number of aromatic nitrogens is 5.